The second kappa shape index (κ2) is 6.75. The van der Waals surface area contributed by atoms with Crippen molar-refractivity contribution in [3.8, 4) is 11.5 Å². The first-order valence-electron chi connectivity index (χ1n) is 5.96. The van der Waals surface area contributed by atoms with Crippen molar-refractivity contribution in [2.45, 2.75) is 13.5 Å². The predicted octanol–water partition coefficient (Wildman–Crippen LogP) is 4.29. The van der Waals surface area contributed by atoms with Crippen molar-refractivity contribution in [1.29, 1.82) is 0 Å². The number of nitrogens with one attached hydrogen (secondary N) is 1. The zero-order valence-electron chi connectivity index (χ0n) is 10.5. The maximum absolute atomic E-state index is 6.06. The molecule has 0 saturated heterocycles. The summed E-state index contributed by atoms with van der Waals surface area (Å²) < 4.78 is 5.70. The van der Waals surface area contributed by atoms with Crippen LogP contribution in [0.15, 0.2) is 36.7 Å². The summed E-state index contributed by atoms with van der Waals surface area (Å²) in [6, 6.07) is 7.05. The molecule has 0 saturated carbocycles. The largest absolute Gasteiger partial charge is 0.454 e. The number of hydrogen-bond donors (Lipinski definition) is 1. The topological polar surface area (TPSA) is 34.2 Å². The van der Waals surface area contributed by atoms with E-state index in [-0.39, 0.29) is 0 Å². The maximum atomic E-state index is 6.06. The lowest BCUT2D eigenvalue weighted by atomic mass is 10.2. The number of aromatic nitrogens is 1. The average Bonchev–Trinajstić information content (AvgIpc) is 2.40. The van der Waals surface area contributed by atoms with E-state index in [1.54, 1.807) is 30.6 Å². The fourth-order valence-corrected chi connectivity index (χ4v) is 2.02. The highest BCUT2D eigenvalue weighted by Crippen LogP contribution is 2.31. The minimum Gasteiger partial charge on any atom is -0.454 e. The zero-order chi connectivity index (χ0) is 13.7. The third-order valence-electron chi connectivity index (χ3n) is 2.47. The molecule has 0 bridgehead atoms. The van der Waals surface area contributed by atoms with Crippen molar-refractivity contribution in [2.75, 3.05) is 6.54 Å². The summed E-state index contributed by atoms with van der Waals surface area (Å²) >= 11 is 11.9. The van der Waals surface area contributed by atoms with E-state index < -0.39 is 0 Å². The number of nitrogens with zero attached hydrogens (tertiary/aromatic N) is 1. The number of rotatable bonds is 5. The normalized spacial score (nSPS) is 10.5. The summed E-state index contributed by atoms with van der Waals surface area (Å²) in [5.41, 5.74) is 1.06. The average molecular weight is 297 g/mol. The van der Waals surface area contributed by atoms with Gasteiger partial charge < -0.3 is 10.1 Å². The Kier molecular flexibility index (Phi) is 5.02. The van der Waals surface area contributed by atoms with Crippen LogP contribution in [0.4, 0.5) is 0 Å². The second-order valence-corrected chi connectivity index (χ2v) is 4.83. The Morgan fingerprint density at radius 3 is 2.79 bits per heavy atom. The lowest BCUT2D eigenvalue weighted by molar-refractivity contribution is 0.479. The molecule has 5 heteroatoms. The first-order chi connectivity index (χ1) is 9.19. The first kappa shape index (κ1) is 14.1. The van der Waals surface area contributed by atoms with Gasteiger partial charge in [0.1, 0.15) is 11.5 Å². The third kappa shape index (κ3) is 4.10. The summed E-state index contributed by atoms with van der Waals surface area (Å²) in [6.07, 6.45) is 3.46. The number of benzene rings is 1. The fourth-order valence-electron chi connectivity index (χ4n) is 1.57. The molecule has 0 spiro atoms. The maximum Gasteiger partial charge on any atom is 0.146 e. The van der Waals surface area contributed by atoms with Gasteiger partial charge in [0, 0.05) is 17.8 Å². The van der Waals surface area contributed by atoms with Gasteiger partial charge in [-0.1, -0.05) is 30.1 Å². The van der Waals surface area contributed by atoms with Crippen LogP contribution >= 0.6 is 23.2 Å². The van der Waals surface area contributed by atoms with Crippen molar-refractivity contribution in [3.63, 3.8) is 0 Å². The van der Waals surface area contributed by atoms with Crippen LogP contribution in [0.2, 0.25) is 10.0 Å². The van der Waals surface area contributed by atoms with Crippen molar-refractivity contribution < 1.29 is 4.74 Å². The summed E-state index contributed by atoms with van der Waals surface area (Å²) in [7, 11) is 0. The number of hydrogen-bond acceptors (Lipinski definition) is 3. The summed E-state index contributed by atoms with van der Waals surface area (Å²) in [5.74, 6) is 1.22. The van der Waals surface area contributed by atoms with Crippen molar-refractivity contribution in [3.05, 3.63) is 52.3 Å². The molecule has 0 aliphatic rings. The van der Waals surface area contributed by atoms with Crippen LogP contribution in [0.3, 0.4) is 0 Å². The van der Waals surface area contributed by atoms with Gasteiger partial charge >= 0.3 is 0 Å². The molecule has 1 N–H and O–H groups in total. The van der Waals surface area contributed by atoms with E-state index in [1.165, 1.54) is 0 Å². The molecule has 1 aromatic heterocycles. The predicted molar refractivity (Wildman–Crippen MR) is 78.2 cm³/mol. The van der Waals surface area contributed by atoms with E-state index in [9.17, 15) is 0 Å². The summed E-state index contributed by atoms with van der Waals surface area (Å²) in [6.45, 7) is 3.73. The van der Waals surface area contributed by atoms with Gasteiger partial charge in [0.05, 0.1) is 11.2 Å². The molecule has 0 atom stereocenters. The first-order valence-corrected chi connectivity index (χ1v) is 6.72. The van der Waals surface area contributed by atoms with Crippen LogP contribution in [-0.2, 0) is 6.54 Å². The Balaban J connectivity index is 2.14. The summed E-state index contributed by atoms with van der Waals surface area (Å²) in [5, 5.41) is 4.29. The van der Waals surface area contributed by atoms with E-state index in [0.29, 0.717) is 21.5 Å². The number of pyridine rings is 1. The second-order valence-electron chi connectivity index (χ2n) is 3.99. The Morgan fingerprint density at radius 2 is 2.05 bits per heavy atom. The van der Waals surface area contributed by atoms with Crippen LogP contribution in [0.25, 0.3) is 0 Å². The Hall–Kier alpha value is -1.29. The third-order valence-corrected chi connectivity index (χ3v) is 3.00. The molecule has 0 amide bonds. The lowest BCUT2D eigenvalue weighted by Crippen LogP contribution is -2.11. The highest BCUT2D eigenvalue weighted by atomic mass is 35.5. The molecular weight excluding hydrogens is 283 g/mol. The minimum atomic E-state index is 0.476. The van der Waals surface area contributed by atoms with E-state index >= 15 is 0 Å². The van der Waals surface area contributed by atoms with Gasteiger partial charge in [-0.2, -0.15) is 0 Å². The zero-order valence-corrected chi connectivity index (χ0v) is 12.0. The van der Waals surface area contributed by atoms with Crippen molar-refractivity contribution in [2.24, 2.45) is 0 Å². The molecule has 19 heavy (non-hydrogen) atoms. The van der Waals surface area contributed by atoms with Crippen molar-refractivity contribution in [1.82, 2.24) is 10.3 Å². The Labute approximate surface area is 122 Å². The molecule has 0 radical (unpaired) electrons. The molecule has 1 aromatic carbocycles. The molecule has 3 nitrogen and oxygen atoms in total. The van der Waals surface area contributed by atoms with Crippen LogP contribution in [0.5, 0.6) is 11.5 Å². The van der Waals surface area contributed by atoms with Crippen LogP contribution in [0, 0.1) is 0 Å². The molecule has 2 aromatic rings. The van der Waals surface area contributed by atoms with E-state index in [1.807, 2.05) is 6.07 Å². The molecule has 0 unspecified atom stereocenters. The Morgan fingerprint density at radius 1 is 1.21 bits per heavy atom. The van der Waals surface area contributed by atoms with E-state index in [4.69, 9.17) is 27.9 Å². The standard InChI is InChI=1S/C14H14Cl2N2O/c1-2-17-7-10-5-12(9-18-8-10)19-14-4-3-11(15)6-13(14)16/h3-6,8-9,17H,2,7H2,1H3. The lowest BCUT2D eigenvalue weighted by Gasteiger charge is -2.09. The molecule has 0 aliphatic heterocycles. The molecule has 100 valence electrons. The van der Waals surface area contributed by atoms with Crippen LogP contribution in [-0.4, -0.2) is 11.5 Å². The molecule has 1 heterocycles. The Bertz CT molecular complexity index is 561. The molecule has 0 fully saturated rings. The van der Waals surface area contributed by atoms with E-state index in [0.717, 1.165) is 18.7 Å². The van der Waals surface area contributed by atoms with Gasteiger partial charge in [0.15, 0.2) is 0 Å². The van der Waals surface area contributed by atoms with Crippen LogP contribution < -0.4 is 10.1 Å². The van der Waals surface area contributed by atoms with Gasteiger partial charge in [0.25, 0.3) is 0 Å². The summed E-state index contributed by atoms with van der Waals surface area (Å²) in [4.78, 5) is 4.15. The van der Waals surface area contributed by atoms with Gasteiger partial charge in [-0.15, -0.1) is 0 Å². The number of ether oxygens (including phenoxy) is 1. The molecule has 0 aliphatic carbocycles. The number of halogens is 2. The molecular formula is C14H14Cl2N2O. The van der Waals surface area contributed by atoms with Gasteiger partial charge in [-0.05, 0) is 36.4 Å². The fraction of sp³-hybridized carbons (Fsp3) is 0.214. The van der Waals surface area contributed by atoms with Crippen LogP contribution in [0.1, 0.15) is 12.5 Å². The smallest absolute Gasteiger partial charge is 0.146 e. The minimum absolute atomic E-state index is 0.476. The van der Waals surface area contributed by atoms with Gasteiger partial charge in [-0.3, -0.25) is 4.98 Å². The van der Waals surface area contributed by atoms with Gasteiger partial charge in [-0.25, -0.2) is 0 Å². The quantitative estimate of drug-likeness (QED) is 0.894. The highest BCUT2D eigenvalue weighted by Gasteiger charge is 2.05. The van der Waals surface area contributed by atoms with Crippen molar-refractivity contribution >= 4 is 23.2 Å². The van der Waals surface area contributed by atoms with Gasteiger partial charge in [0.2, 0.25) is 0 Å². The highest BCUT2D eigenvalue weighted by molar-refractivity contribution is 6.35. The SMILES string of the molecule is CCNCc1cncc(Oc2ccc(Cl)cc2Cl)c1. The monoisotopic (exact) mass is 296 g/mol. The van der Waals surface area contributed by atoms with E-state index in [2.05, 4.69) is 17.2 Å². The molecule has 2 rings (SSSR count).